The Labute approximate surface area is 99.6 Å². The molecule has 1 N–H and O–H groups in total. The first-order valence-electron chi connectivity index (χ1n) is 6.23. The number of rotatable bonds is 2. The largest absolute Gasteiger partial charge is 0.381 e. The summed E-state index contributed by atoms with van der Waals surface area (Å²) >= 11 is 0. The highest BCUT2D eigenvalue weighted by Gasteiger charge is 2.27. The molecule has 94 valence electrons. The van der Waals surface area contributed by atoms with Gasteiger partial charge in [-0.2, -0.15) is 5.10 Å². The van der Waals surface area contributed by atoms with Crippen LogP contribution in [0.15, 0.2) is 4.79 Å². The molecule has 0 radical (unpaired) electrons. The minimum absolute atomic E-state index is 0.0425. The Morgan fingerprint density at radius 3 is 2.59 bits per heavy atom. The van der Waals surface area contributed by atoms with E-state index in [1.807, 2.05) is 11.5 Å². The van der Waals surface area contributed by atoms with Crippen LogP contribution in [0.4, 0.5) is 0 Å². The second-order valence-electron chi connectivity index (χ2n) is 4.80. The number of hydrogen-bond donors (Lipinski definition) is 1. The van der Waals surface area contributed by atoms with Gasteiger partial charge < -0.3 is 10.1 Å². The molecule has 1 aromatic rings. The fourth-order valence-corrected chi connectivity index (χ4v) is 2.54. The number of aryl methyl sites for hydroxylation is 1. The van der Waals surface area contributed by atoms with Crippen molar-refractivity contribution in [3.8, 4) is 0 Å². The summed E-state index contributed by atoms with van der Waals surface area (Å²) in [4.78, 5) is 12.3. The molecule has 1 aromatic heterocycles. The van der Waals surface area contributed by atoms with Crippen LogP contribution in [0.5, 0.6) is 0 Å². The van der Waals surface area contributed by atoms with Gasteiger partial charge in [0.05, 0.1) is 12.1 Å². The highest BCUT2D eigenvalue weighted by atomic mass is 16.5. The van der Waals surface area contributed by atoms with Gasteiger partial charge in [0, 0.05) is 26.3 Å². The summed E-state index contributed by atoms with van der Waals surface area (Å²) in [5.41, 5.74) is 0.0425. The monoisotopic (exact) mass is 238 g/mol. The highest BCUT2D eigenvalue weighted by Crippen LogP contribution is 2.19. The minimum Gasteiger partial charge on any atom is -0.381 e. The smallest absolute Gasteiger partial charge is 0.346 e. The van der Waals surface area contributed by atoms with Gasteiger partial charge >= 0.3 is 5.69 Å². The van der Waals surface area contributed by atoms with Gasteiger partial charge in [0.1, 0.15) is 5.82 Å². The summed E-state index contributed by atoms with van der Waals surface area (Å²) in [5, 5.41) is 7.61. The number of hydrogen-bond acceptors (Lipinski definition) is 4. The maximum absolute atomic E-state index is 12.3. The van der Waals surface area contributed by atoms with Crippen molar-refractivity contribution in [2.75, 3.05) is 26.3 Å². The van der Waals surface area contributed by atoms with Gasteiger partial charge in [-0.05, 0) is 19.8 Å². The molecule has 0 aromatic carbocycles. The molecule has 3 rings (SSSR count). The van der Waals surface area contributed by atoms with Gasteiger partial charge in [-0.3, -0.25) is 4.57 Å². The first kappa shape index (κ1) is 11.0. The predicted molar refractivity (Wildman–Crippen MR) is 62.2 cm³/mol. The van der Waals surface area contributed by atoms with Crippen LogP contribution >= 0.6 is 0 Å². The fraction of sp³-hybridized carbons (Fsp3) is 0.818. The van der Waals surface area contributed by atoms with Crippen molar-refractivity contribution < 1.29 is 4.74 Å². The van der Waals surface area contributed by atoms with Crippen molar-refractivity contribution in [1.29, 1.82) is 0 Å². The lowest BCUT2D eigenvalue weighted by Crippen LogP contribution is -2.47. The van der Waals surface area contributed by atoms with E-state index in [1.165, 1.54) is 0 Å². The fourth-order valence-electron chi connectivity index (χ4n) is 2.54. The summed E-state index contributed by atoms with van der Waals surface area (Å²) in [7, 11) is 0. The lowest BCUT2D eigenvalue weighted by Gasteiger charge is -2.28. The van der Waals surface area contributed by atoms with E-state index in [0.717, 1.165) is 45.0 Å². The van der Waals surface area contributed by atoms with Crippen molar-refractivity contribution in [2.24, 2.45) is 0 Å². The van der Waals surface area contributed by atoms with E-state index >= 15 is 0 Å². The quantitative estimate of drug-likeness (QED) is 0.778. The van der Waals surface area contributed by atoms with Gasteiger partial charge in [0.2, 0.25) is 0 Å². The van der Waals surface area contributed by atoms with Gasteiger partial charge in [0.15, 0.2) is 0 Å². The second kappa shape index (κ2) is 4.27. The topological polar surface area (TPSA) is 61.1 Å². The SMILES string of the molecule is Cc1nn(C2CCOCC2)c(=O)n1C1CNC1. The maximum atomic E-state index is 12.3. The van der Waals surface area contributed by atoms with Crippen LogP contribution in [0.3, 0.4) is 0 Å². The standard InChI is InChI=1S/C11H18N4O2/c1-8-13-15(9-2-4-17-5-3-9)11(16)14(8)10-6-12-7-10/h9-10,12H,2-7H2,1H3. The number of nitrogens with zero attached hydrogens (tertiary/aromatic N) is 3. The summed E-state index contributed by atoms with van der Waals surface area (Å²) < 4.78 is 8.81. The van der Waals surface area contributed by atoms with E-state index in [-0.39, 0.29) is 17.8 Å². The van der Waals surface area contributed by atoms with E-state index in [9.17, 15) is 4.79 Å². The molecule has 3 heterocycles. The summed E-state index contributed by atoms with van der Waals surface area (Å²) in [5.74, 6) is 0.827. The van der Waals surface area contributed by atoms with Crippen molar-refractivity contribution in [1.82, 2.24) is 19.7 Å². The van der Waals surface area contributed by atoms with Crippen LogP contribution in [-0.2, 0) is 4.74 Å². The minimum atomic E-state index is 0.0425. The van der Waals surface area contributed by atoms with E-state index in [0.29, 0.717) is 0 Å². The van der Waals surface area contributed by atoms with E-state index < -0.39 is 0 Å². The number of aromatic nitrogens is 3. The van der Waals surface area contributed by atoms with Gasteiger partial charge in [-0.15, -0.1) is 0 Å². The van der Waals surface area contributed by atoms with Crippen molar-refractivity contribution in [3.63, 3.8) is 0 Å². The zero-order chi connectivity index (χ0) is 11.8. The summed E-state index contributed by atoms with van der Waals surface area (Å²) in [6.07, 6.45) is 1.78. The van der Waals surface area contributed by atoms with Crippen LogP contribution in [0.1, 0.15) is 30.7 Å². The number of nitrogens with one attached hydrogen (secondary N) is 1. The zero-order valence-corrected chi connectivity index (χ0v) is 10.1. The second-order valence-corrected chi connectivity index (χ2v) is 4.80. The third-order valence-electron chi connectivity index (χ3n) is 3.66. The summed E-state index contributed by atoms with van der Waals surface area (Å²) in [6.45, 7) is 5.12. The molecule has 6 heteroatoms. The first-order chi connectivity index (χ1) is 8.27. The average molecular weight is 238 g/mol. The van der Waals surface area contributed by atoms with Gasteiger partial charge in [-0.25, -0.2) is 9.48 Å². The Hall–Kier alpha value is -1.14. The zero-order valence-electron chi connectivity index (χ0n) is 10.1. The number of ether oxygens (including phenoxy) is 1. The van der Waals surface area contributed by atoms with Gasteiger partial charge in [-0.1, -0.05) is 0 Å². The van der Waals surface area contributed by atoms with Crippen LogP contribution in [0, 0.1) is 6.92 Å². The maximum Gasteiger partial charge on any atom is 0.346 e. The predicted octanol–water partition coefficient (Wildman–Crippen LogP) is -0.151. The molecule has 6 nitrogen and oxygen atoms in total. The molecule has 2 fully saturated rings. The average Bonchev–Trinajstić information content (AvgIpc) is 2.56. The Morgan fingerprint density at radius 1 is 1.29 bits per heavy atom. The van der Waals surface area contributed by atoms with Crippen molar-refractivity contribution in [3.05, 3.63) is 16.3 Å². The molecular formula is C11H18N4O2. The highest BCUT2D eigenvalue weighted by molar-refractivity contribution is 4.94. The molecule has 0 unspecified atom stereocenters. The molecule has 2 aliphatic heterocycles. The molecule has 0 saturated carbocycles. The van der Waals surface area contributed by atoms with Gasteiger partial charge in [0.25, 0.3) is 0 Å². The molecule has 0 aliphatic carbocycles. The lowest BCUT2D eigenvalue weighted by molar-refractivity contribution is 0.0648. The van der Waals surface area contributed by atoms with E-state index in [1.54, 1.807) is 4.68 Å². The Morgan fingerprint density at radius 2 is 2.00 bits per heavy atom. The molecule has 17 heavy (non-hydrogen) atoms. The van der Waals surface area contributed by atoms with Crippen LogP contribution in [-0.4, -0.2) is 40.7 Å². The first-order valence-corrected chi connectivity index (χ1v) is 6.23. The van der Waals surface area contributed by atoms with Crippen LogP contribution in [0.25, 0.3) is 0 Å². The third kappa shape index (κ3) is 1.81. The van der Waals surface area contributed by atoms with Crippen LogP contribution in [0.2, 0.25) is 0 Å². The Kier molecular flexibility index (Phi) is 2.76. The summed E-state index contributed by atoms with van der Waals surface area (Å²) in [6, 6.07) is 0.500. The molecule has 0 atom stereocenters. The molecule has 2 aliphatic rings. The Balaban J connectivity index is 1.92. The molecule has 0 amide bonds. The van der Waals surface area contributed by atoms with Crippen molar-refractivity contribution >= 4 is 0 Å². The third-order valence-corrected chi connectivity index (χ3v) is 3.66. The molecule has 2 saturated heterocycles. The normalized spacial score (nSPS) is 22.6. The van der Waals surface area contributed by atoms with E-state index in [2.05, 4.69) is 10.4 Å². The molecular weight excluding hydrogens is 220 g/mol. The molecule has 0 bridgehead atoms. The van der Waals surface area contributed by atoms with Crippen molar-refractivity contribution in [2.45, 2.75) is 31.8 Å². The van der Waals surface area contributed by atoms with E-state index in [4.69, 9.17) is 4.74 Å². The lowest BCUT2D eigenvalue weighted by atomic mass is 10.1. The Bertz CT molecular complexity index is 455. The van der Waals surface area contributed by atoms with Crippen LogP contribution < -0.4 is 11.0 Å². The molecule has 0 spiro atoms.